The van der Waals surface area contributed by atoms with Gasteiger partial charge in [0.05, 0.1) is 16.7 Å². The molecule has 0 amide bonds. The molecule has 2 aliphatic rings. The summed E-state index contributed by atoms with van der Waals surface area (Å²) in [5.41, 5.74) is 9.88. The third kappa shape index (κ3) is 1.43. The summed E-state index contributed by atoms with van der Waals surface area (Å²) >= 11 is 3.78. The first-order chi connectivity index (χ1) is 12.3. The molecule has 0 radical (unpaired) electrons. The maximum absolute atomic E-state index is 3.78. The van der Waals surface area contributed by atoms with E-state index in [2.05, 4.69) is 96.7 Å². The Hall–Kier alpha value is -2.06. The Balaban J connectivity index is 2.05. The van der Waals surface area contributed by atoms with Crippen molar-refractivity contribution in [2.24, 2.45) is 0 Å². The highest BCUT2D eigenvalue weighted by Gasteiger charge is 2.43. The molecule has 26 heavy (non-hydrogen) atoms. The van der Waals surface area contributed by atoms with Crippen molar-refractivity contribution in [2.75, 3.05) is 0 Å². The van der Waals surface area contributed by atoms with Crippen LogP contribution < -0.4 is 0 Å². The number of hydrogen-bond donors (Lipinski definition) is 0. The molecule has 1 nitrogen and oxygen atoms in total. The summed E-state index contributed by atoms with van der Waals surface area (Å²) in [6.07, 6.45) is 0. The van der Waals surface area contributed by atoms with Crippen LogP contribution in [0.2, 0.25) is 0 Å². The van der Waals surface area contributed by atoms with E-state index in [1.54, 1.807) is 0 Å². The first-order valence-electron chi connectivity index (χ1n) is 9.25. The van der Waals surface area contributed by atoms with Gasteiger partial charge in [-0.3, -0.25) is 0 Å². The SMILES string of the molecule is CC1(C)c2cccc3c2-n2c4c1cccc4c1cc(Br)cc(c12)C3(C)C. The normalized spacial score (nSPS) is 18.0. The van der Waals surface area contributed by atoms with Gasteiger partial charge in [0.1, 0.15) is 0 Å². The second kappa shape index (κ2) is 4.26. The van der Waals surface area contributed by atoms with Gasteiger partial charge in [0.15, 0.2) is 0 Å². The van der Waals surface area contributed by atoms with Gasteiger partial charge in [0.25, 0.3) is 0 Å². The van der Waals surface area contributed by atoms with Crippen LogP contribution in [-0.4, -0.2) is 4.57 Å². The molecule has 0 bridgehead atoms. The standard InChI is InChI=1S/C24H20BrN/c1-23(2)16-8-5-7-14-15-11-13(25)12-19-21(15)26(20(14)16)22-17(23)9-6-10-18(22)24(19,3)4/h5-12H,1-4H3. The number of benzene rings is 3. The summed E-state index contributed by atoms with van der Waals surface area (Å²) in [5.74, 6) is 0. The molecule has 3 aromatic carbocycles. The minimum absolute atomic E-state index is 0.0000446. The first-order valence-corrected chi connectivity index (χ1v) is 10.0. The summed E-state index contributed by atoms with van der Waals surface area (Å²) in [6.45, 7) is 9.48. The van der Waals surface area contributed by atoms with Crippen LogP contribution >= 0.6 is 15.9 Å². The van der Waals surface area contributed by atoms with Crippen molar-refractivity contribution < 1.29 is 0 Å². The second-order valence-corrected chi connectivity index (χ2v) is 9.75. The van der Waals surface area contributed by atoms with Crippen LogP contribution in [0.4, 0.5) is 0 Å². The zero-order chi connectivity index (χ0) is 18.0. The molecule has 2 aliphatic heterocycles. The van der Waals surface area contributed by atoms with Crippen molar-refractivity contribution in [1.29, 1.82) is 0 Å². The summed E-state index contributed by atoms with van der Waals surface area (Å²) < 4.78 is 3.72. The van der Waals surface area contributed by atoms with Crippen molar-refractivity contribution in [1.82, 2.24) is 4.57 Å². The predicted octanol–water partition coefficient (Wildman–Crippen LogP) is 6.82. The van der Waals surface area contributed by atoms with Gasteiger partial charge in [-0.2, -0.15) is 0 Å². The zero-order valence-electron chi connectivity index (χ0n) is 15.4. The van der Waals surface area contributed by atoms with Gasteiger partial charge in [0, 0.05) is 26.1 Å². The number of halogens is 1. The first kappa shape index (κ1) is 15.0. The van der Waals surface area contributed by atoms with Crippen molar-refractivity contribution in [2.45, 2.75) is 38.5 Å². The molecular weight excluding hydrogens is 382 g/mol. The predicted molar refractivity (Wildman–Crippen MR) is 113 cm³/mol. The number of fused-ring (bicyclic) bond motifs is 1. The lowest BCUT2D eigenvalue weighted by atomic mass is 9.69. The number of aromatic nitrogens is 1. The Morgan fingerprint density at radius 1 is 0.692 bits per heavy atom. The molecule has 0 atom stereocenters. The van der Waals surface area contributed by atoms with Gasteiger partial charge < -0.3 is 4.57 Å². The van der Waals surface area contributed by atoms with E-state index in [-0.39, 0.29) is 10.8 Å². The summed E-state index contributed by atoms with van der Waals surface area (Å²) in [5, 5.41) is 2.73. The highest BCUT2D eigenvalue weighted by Crippen LogP contribution is 2.55. The molecule has 128 valence electrons. The second-order valence-electron chi connectivity index (χ2n) is 8.84. The Labute approximate surface area is 161 Å². The number of nitrogens with zero attached hydrogens (tertiary/aromatic N) is 1. The zero-order valence-corrected chi connectivity index (χ0v) is 17.0. The molecule has 3 heterocycles. The molecular formula is C24H20BrN. The Morgan fingerprint density at radius 3 is 2.00 bits per heavy atom. The van der Waals surface area contributed by atoms with E-state index < -0.39 is 0 Å². The molecule has 4 aromatic rings. The van der Waals surface area contributed by atoms with Crippen LogP contribution in [0, 0.1) is 0 Å². The van der Waals surface area contributed by atoms with E-state index in [0.717, 1.165) is 4.47 Å². The van der Waals surface area contributed by atoms with E-state index in [9.17, 15) is 0 Å². The molecule has 6 rings (SSSR count). The van der Waals surface area contributed by atoms with Gasteiger partial charge in [-0.05, 0) is 34.4 Å². The highest BCUT2D eigenvalue weighted by molar-refractivity contribution is 9.10. The fraction of sp³-hybridized carbons (Fsp3) is 0.250. The number of para-hydroxylation sites is 2. The van der Waals surface area contributed by atoms with E-state index in [4.69, 9.17) is 0 Å². The van der Waals surface area contributed by atoms with Crippen molar-refractivity contribution >= 4 is 37.7 Å². The summed E-state index contributed by atoms with van der Waals surface area (Å²) in [7, 11) is 0. The van der Waals surface area contributed by atoms with Gasteiger partial charge in [-0.15, -0.1) is 0 Å². The minimum Gasteiger partial charge on any atom is -0.308 e. The van der Waals surface area contributed by atoms with Gasteiger partial charge in [-0.25, -0.2) is 0 Å². The molecule has 0 saturated heterocycles. The Kier molecular flexibility index (Phi) is 2.46. The third-order valence-corrected chi connectivity index (χ3v) is 7.26. The maximum atomic E-state index is 3.78. The fourth-order valence-electron chi connectivity index (χ4n) is 5.45. The lowest BCUT2D eigenvalue weighted by Crippen LogP contribution is -2.33. The highest BCUT2D eigenvalue weighted by atomic mass is 79.9. The molecule has 0 spiro atoms. The molecule has 0 N–H and O–H groups in total. The van der Waals surface area contributed by atoms with Crippen LogP contribution in [0.25, 0.3) is 27.5 Å². The van der Waals surface area contributed by atoms with E-state index in [0.29, 0.717) is 0 Å². The molecule has 0 aliphatic carbocycles. The number of rotatable bonds is 0. The van der Waals surface area contributed by atoms with E-state index in [1.807, 2.05) is 0 Å². The Bertz CT molecular complexity index is 1290. The monoisotopic (exact) mass is 401 g/mol. The van der Waals surface area contributed by atoms with Gasteiger partial charge in [-0.1, -0.05) is 80.0 Å². The number of hydrogen-bond acceptors (Lipinski definition) is 0. The maximum Gasteiger partial charge on any atom is 0.0583 e. The minimum atomic E-state index is -0.0225. The largest absolute Gasteiger partial charge is 0.308 e. The van der Waals surface area contributed by atoms with Gasteiger partial charge in [0.2, 0.25) is 0 Å². The average Bonchev–Trinajstić information content (AvgIpc) is 2.93. The third-order valence-electron chi connectivity index (χ3n) is 6.80. The van der Waals surface area contributed by atoms with Crippen molar-refractivity contribution in [3.8, 4) is 5.69 Å². The van der Waals surface area contributed by atoms with Gasteiger partial charge >= 0.3 is 0 Å². The fourth-order valence-corrected chi connectivity index (χ4v) is 5.90. The molecule has 0 unspecified atom stereocenters. The van der Waals surface area contributed by atoms with Crippen LogP contribution in [0.5, 0.6) is 0 Å². The van der Waals surface area contributed by atoms with Crippen LogP contribution in [0.3, 0.4) is 0 Å². The van der Waals surface area contributed by atoms with Crippen LogP contribution in [0.1, 0.15) is 49.9 Å². The summed E-state index contributed by atoms with van der Waals surface area (Å²) in [6, 6.07) is 18.3. The topological polar surface area (TPSA) is 4.93 Å². The molecule has 1 aromatic heterocycles. The van der Waals surface area contributed by atoms with Crippen LogP contribution in [-0.2, 0) is 10.8 Å². The van der Waals surface area contributed by atoms with E-state index in [1.165, 1.54) is 49.7 Å². The van der Waals surface area contributed by atoms with Crippen LogP contribution in [0.15, 0.2) is 53.0 Å². The van der Waals surface area contributed by atoms with Crippen molar-refractivity contribution in [3.05, 3.63) is 75.3 Å². The lowest BCUT2D eigenvalue weighted by molar-refractivity contribution is 0.593. The lowest BCUT2D eigenvalue weighted by Gasteiger charge is -2.42. The molecule has 0 fully saturated rings. The van der Waals surface area contributed by atoms with E-state index >= 15 is 0 Å². The molecule has 2 heteroatoms. The Morgan fingerprint density at radius 2 is 1.27 bits per heavy atom. The quantitative estimate of drug-likeness (QED) is 0.304. The van der Waals surface area contributed by atoms with Crippen molar-refractivity contribution in [3.63, 3.8) is 0 Å². The molecule has 0 saturated carbocycles. The summed E-state index contributed by atoms with van der Waals surface area (Å²) in [4.78, 5) is 0. The smallest absolute Gasteiger partial charge is 0.0583 e. The average molecular weight is 402 g/mol.